The Labute approximate surface area is 153 Å². The summed E-state index contributed by atoms with van der Waals surface area (Å²) < 4.78 is 3.82. The molecule has 25 heavy (non-hydrogen) atoms. The number of carbonyl (C=O) groups excluding carboxylic acids is 1. The molecule has 1 aliphatic heterocycles. The van der Waals surface area contributed by atoms with Crippen LogP contribution in [0.1, 0.15) is 48.9 Å². The van der Waals surface area contributed by atoms with Crippen LogP contribution in [0.5, 0.6) is 0 Å². The topological polar surface area (TPSA) is 89.7 Å². The van der Waals surface area contributed by atoms with Gasteiger partial charge in [-0.2, -0.15) is 0 Å². The molecule has 0 unspecified atom stereocenters. The Bertz CT molecular complexity index is 703. The summed E-state index contributed by atoms with van der Waals surface area (Å²) >= 11 is 0. The first-order valence-corrected chi connectivity index (χ1v) is 8.51. The average Bonchev–Trinajstić information content (AvgIpc) is 3.14. The van der Waals surface area contributed by atoms with E-state index >= 15 is 0 Å². The zero-order valence-electron chi connectivity index (χ0n) is 14.9. The summed E-state index contributed by atoms with van der Waals surface area (Å²) in [4.78, 5) is 16.8. The number of nitrogens with zero attached hydrogens (tertiary/aromatic N) is 5. The van der Waals surface area contributed by atoms with Crippen LogP contribution in [0, 0.1) is 12.8 Å². The molecule has 0 radical (unpaired) electrons. The minimum atomic E-state index is -0.260. The number of aromatic nitrogens is 5. The lowest BCUT2D eigenvalue weighted by Gasteiger charge is -2.23. The van der Waals surface area contributed by atoms with Crippen LogP contribution in [-0.2, 0) is 6.54 Å². The van der Waals surface area contributed by atoms with Crippen LogP contribution in [0.4, 0.5) is 5.95 Å². The minimum absolute atomic E-state index is 0. The minimum Gasteiger partial charge on any atom is -0.317 e. The fourth-order valence-corrected chi connectivity index (χ4v) is 3.08. The summed E-state index contributed by atoms with van der Waals surface area (Å²) in [5.41, 5.74) is 1.17. The molecular formula is C16H26ClN7O. The summed E-state index contributed by atoms with van der Waals surface area (Å²) in [5.74, 6) is 0.755. The first-order chi connectivity index (χ1) is 11.6. The number of hydrogen-bond donors (Lipinski definition) is 2. The van der Waals surface area contributed by atoms with Gasteiger partial charge in [-0.25, -0.2) is 9.67 Å². The summed E-state index contributed by atoms with van der Waals surface area (Å²) in [6.45, 7) is 8.89. The van der Waals surface area contributed by atoms with Gasteiger partial charge in [0.15, 0.2) is 5.69 Å². The van der Waals surface area contributed by atoms with Gasteiger partial charge in [-0.1, -0.05) is 19.1 Å². The predicted octanol–water partition coefficient (Wildman–Crippen LogP) is 2.04. The number of nitrogens with one attached hydrogen (secondary N) is 2. The number of hydrogen-bond acceptors (Lipinski definition) is 5. The maximum absolute atomic E-state index is 12.6. The highest BCUT2D eigenvalue weighted by Gasteiger charge is 2.23. The highest BCUT2D eigenvalue weighted by atomic mass is 35.5. The Morgan fingerprint density at radius 2 is 2.12 bits per heavy atom. The lowest BCUT2D eigenvalue weighted by molar-refractivity contribution is 0.102. The highest BCUT2D eigenvalue weighted by molar-refractivity contribution is 6.02. The van der Waals surface area contributed by atoms with Gasteiger partial charge < -0.3 is 9.88 Å². The smallest absolute Gasteiger partial charge is 0.280 e. The third kappa shape index (κ3) is 4.38. The average molecular weight is 368 g/mol. The molecule has 0 spiro atoms. The van der Waals surface area contributed by atoms with Crippen LogP contribution >= 0.6 is 12.4 Å². The van der Waals surface area contributed by atoms with E-state index in [-0.39, 0.29) is 18.3 Å². The molecule has 0 bridgehead atoms. The van der Waals surface area contributed by atoms with Crippen LogP contribution in [0.15, 0.2) is 12.4 Å². The summed E-state index contributed by atoms with van der Waals surface area (Å²) in [7, 11) is 0. The van der Waals surface area contributed by atoms with Crippen molar-refractivity contribution in [2.75, 3.05) is 18.4 Å². The normalized spacial score (nSPS) is 15.2. The molecule has 138 valence electrons. The molecule has 0 atom stereocenters. The molecule has 2 aromatic heterocycles. The van der Waals surface area contributed by atoms with Crippen LogP contribution in [0.25, 0.3) is 0 Å². The molecule has 2 N–H and O–H groups in total. The number of piperidine rings is 1. The Morgan fingerprint density at radius 1 is 1.40 bits per heavy atom. The van der Waals surface area contributed by atoms with Gasteiger partial charge in [-0.15, -0.1) is 17.5 Å². The van der Waals surface area contributed by atoms with Crippen molar-refractivity contribution in [3.05, 3.63) is 23.8 Å². The molecule has 0 aromatic carbocycles. The molecule has 0 aliphatic carbocycles. The summed E-state index contributed by atoms with van der Waals surface area (Å²) in [6, 6.07) is 0.309. The van der Waals surface area contributed by atoms with Crippen LogP contribution in [-0.4, -0.2) is 43.5 Å². The molecule has 1 fully saturated rings. The highest BCUT2D eigenvalue weighted by Crippen LogP contribution is 2.20. The van der Waals surface area contributed by atoms with Gasteiger partial charge in [-0.05, 0) is 38.8 Å². The first kappa shape index (κ1) is 19.4. The Kier molecular flexibility index (Phi) is 6.55. The van der Waals surface area contributed by atoms with Gasteiger partial charge in [0, 0.05) is 18.9 Å². The molecule has 8 nitrogen and oxygen atoms in total. The second kappa shape index (κ2) is 8.44. The second-order valence-corrected chi connectivity index (χ2v) is 6.70. The quantitative estimate of drug-likeness (QED) is 0.844. The predicted molar refractivity (Wildman–Crippen MR) is 98.2 cm³/mol. The van der Waals surface area contributed by atoms with Crippen LogP contribution < -0.4 is 10.6 Å². The molecule has 1 aliphatic rings. The molecule has 3 rings (SSSR count). The van der Waals surface area contributed by atoms with Gasteiger partial charge in [0.1, 0.15) is 0 Å². The van der Waals surface area contributed by atoms with E-state index in [1.807, 2.05) is 22.4 Å². The van der Waals surface area contributed by atoms with Gasteiger partial charge in [0.25, 0.3) is 5.91 Å². The first-order valence-electron chi connectivity index (χ1n) is 8.51. The van der Waals surface area contributed by atoms with Gasteiger partial charge in [0.05, 0.1) is 11.7 Å². The fraction of sp³-hybridized carbons (Fsp3) is 0.625. The number of rotatable bonds is 5. The molecular weight excluding hydrogens is 342 g/mol. The van der Waals surface area contributed by atoms with Crippen molar-refractivity contribution in [2.24, 2.45) is 5.92 Å². The molecule has 2 aromatic rings. The standard InChI is InChI=1S/C16H25N7O.ClH/c1-11(2)10-22-9-8-18-16(22)19-15(24)14-12(3)23(21-20-14)13-4-6-17-7-5-13;/h8-9,11,13,17H,4-7,10H2,1-3H3,(H,18,19,24);1H. The summed E-state index contributed by atoms with van der Waals surface area (Å²) in [6.07, 6.45) is 5.57. The van der Waals surface area contributed by atoms with E-state index in [2.05, 4.69) is 39.8 Å². The van der Waals surface area contributed by atoms with Crippen molar-refractivity contribution in [3.8, 4) is 0 Å². The number of carbonyl (C=O) groups is 1. The molecule has 1 amide bonds. The lowest BCUT2D eigenvalue weighted by Crippen LogP contribution is -2.30. The summed E-state index contributed by atoms with van der Waals surface area (Å²) in [5, 5.41) is 14.5. The van der Waals surface area contributed by atoms with E-state index in [0.717, 1.165) is 38.2 Å². The van der Waals surface area contributed by atoms with E-state index in [4.69, 9.17) is 0 Å². The zero-order chi connectivity index (χ0) is 17.1. The van der Waals surface area contributed by atoms with Gasteiger partial charge in [-0.3, -0.25) is 10.1 Å². The lowest BCUT2D eigenvalue weighted by atomic mass is 10.1. The van der Waals surface area contributed by atoms with Crippen LogP contribution in [0.3, 0.4) is 0 Å². The van der Waals surface area contributed by atoms with E-state index in [0.29, 0.717) is 23.6 Å². The number of amides is 1. The third-order valence-corrected chi connectivity index (χ3v) is 4.30. The third-order valence-electron chi connectivity index (χ3n) is 4.30. The second-order valence-electron chi connectivity index (χ2n) is 6.70. The maximum Gasteiger partial charge on any atom is 0.280 e. The van der Waals surface area contributed by atoms with Gasteiger partial charge >= 0.3 is 0 Å². The Hall–Kier alpha value is -1.93. The number of halogens is 1. The largest absolute Gasteiger partial charge is 0.317 e. The molecule has 9 heteroatoms. The van der Waals surface area contributed by atoms with Gasteiger partial charge in [0.2, 0.25) is 5.95 Å². The number of anilines is 1. The van der Waals surface area contributed by atoms with E-state index in [9.17, 15) is 4.79 Å². The van der Waals surface area contributed by atoms with Crippen molar-refractivity contribution < 1.29 is 4.79 Å². The van der Waals surface area contributed by atoms with E-state index < -0.39 is 0 Å². The van der Waals surface area contributed by atoms with Crippen molar-refractivity contribution in [1.29, 1.82) is 0 Å². The monoisotopic (exact) mass is 367 g/mol. The van der Waals surface area contributed by atoms with Crippen molar-refractivity contribution in [1.82, 2.24) is 29.9 Å². The molecule has 0 saturated carbocycles. The van der Waals surface area contributed by atoms with Crippen molar-refractivity contribution in [2.45, 2.75) is 46.2 Å². The zero-order valence-corrected chi connectivity index (χ0v) is 15.7. The van der Waals surface area contributed by atoms with E-state index in [1.165, 1.54) is 0 Å². The van der Waals surface area contributed by atoms with E-state index in [1.54, 1.807) is 6.20 Å². The van der Waals surface area contributed by atoms with Crippen LogP contribution in [0.2, 0.25) is 0 Å². The SMILES string of the molecule is Cc1c(C(=O)Nc2nccn2CC(C)C)nnn1C1CCNCC1.Cl. The Morgan fingerprint density at radius 3 is 2.80 bits per heavy atom. The molecule has 1 saturated heterocycles. The Balaban J connectivity index is 0.00000225. The number of imidazole rings is 1. The van der Waals surface area contributed by atoms with Crippen molar-refractivity contribution >= 4 is 24.3 Å². The maximum atomic E-state index is 12.6. The van der Waals surface area contributed by atoms with Crippen molar-refractivity contribution in [3.63, 3.8) is 0 Å². The molecule has 3 heterocycles. The fourth-order valence-electron chi connectivity index (χ4n) is 3.08.